The van der Waals surface area contributed by atoms with Crippen molar-refractivity contribution in [3.63, 3.8) is 0 Å². The van der Waals surface area contributed by atoms with Crippen LogP contribution in [-0.4, -0.2) is 14.7 Å². The van der Waals surface area contributed by atoms with Gasteiger partial charge in [0.15, 0.2) is 0 Å². The summed E-state index contributed by atoms with van der Waals surface area (Å²) in [7, 11) is -3.26. The van der Waals surface area contributed by atoms with E-state index in [4.69, 9.17) is 6.42 Å². The maximum Gasteiger partial charge on any atom is 0.229 e. The zero-order chi connectivity index (χ0) is 14.6. The molecule has 3 nitrogen and oxygen atoms in total. The number of para-hydroxylation sites is 1. The summed E-state index contributed by atoms with van der Waals surface area (Å²) in [5.41, 5.74) is 3.91. The highest BCUT2D eigenvalue weighted by atomic mass is 32.2. The first-order chi connectivity index (χ1) is 9.48. The molecule has 0 atom stereocenters. The van der Waals surface area contributed by atoms with Gasteiger partial charge in [0, 0.05) is 5.56 Å². The number of nitrogens with one attached hydrogen (secondary N) is 1. The lowest BCUT2D eigenvalue weighted by molar-refractivity contribution is 0.607. The monoisotopic (exact) mass is 285 g/mol. The van der Waals surface area contributed by atoms with Crippen LogP contribution in [-0.2, 0) is 10.0 Å². The van der Waals surface area contributed by atoms with Crippen LogP contribution < -0.4 is 4.72 Å². The van der Waals surface area contributed by atoms with Gasteiger partial charge in [0.05, 0.1) is 11.9 Å². The molecule has 102 valence electrons. The molecular formula is C16H15NO2S. The van der Waals surface area contributed by atoms with E-state index in [9.17, 15) is 8.42 Å². The molecule has 1 aromatic rings. The second kappa shape index (κ2) is 5.81. The van der Waals surface area contributed by atoms with Crippen molar-refractivity contribution in [2.45, 2.75) is 6.42 Å². The fourth-order valence-electron chi connectivity index (χ4n) is 1.91. The lowest BCUT2D eigenvalue weighted by atomic mass is 10.2. The molecule has 0 fully saturated rings. The number of terminal acetylenes is 1. The second-order valence-corrected chi connectivity index (χ2v) is 6.31. The van der Waals surface area contributed by atoms with Gasteiger partial charge in [-0.05, 0) is 29.7 Å². The third-order valence-electron chi connectivity index (χ3n) is 2.81. The summed E-state index contributed by atoms with van der Waals surface area (Å²) < 4.78 is 24.1. The first-order valence-corrected chi connectivity index (χ1v) is 7.98. The molecule has 4 heteroatoms. The quantitative estimate of drug-likeness (QED) is 0.849. The molecule has 0 aromatic heterocycles. The third-order valence-corrected chi connectivity index (χ3v) is 3.40. The van der Waals surface area contributed by atoms with Crippen molar-refractivity contribution in [3.8, 4) is 12.3 Å². The molecule has 1 aromatic carbocycles. The molecule has 0 amide bonds. The van der Waals surface area contributed by atoms with Crippen LogP contribution in [0.15, 0.2) is 59.7 Å². The van der Waals surface area contributed by atoms with E-state index in [1.54, 1.807) is 24.3 Å². The minimum absolute atomic E-state index is 0.438. The second-order valence-electron chi connectivity index (χ2n) is 4.56. The standard InChI is InChI=1S/C9H9NO2S.C7H6/c1-3-8-6-4-5-7-9(8)10-13(2,11)12;1-2-7-4-3-6(1)5-7/h1,4-7,10H,2H3;1-4H,5H2. The summed E-state index contributed by atoms with van der Waals surface area (Å²) in [4.78, 5) is 0. The molecule has 1 N–H and O–H groups in total. The van der Waals surface area contributed by atoms with Crippen molar-refractivity contribution in [1.29, 1.82) is 0 Å². The molecule has 0 saturated heterocycles. The van der Waals surface area contributed by atoms with Crippen molar-refractivity contribution >= 4 is 15.7 Å². The fourth-order valence-corrected chi connectivity index (χ4v) is 2.49. The van der Waals surface area contributed by atoms with Gasteiger partial charge in [-0.15, -0.1) is 6.42 Å². The normalized spacial score (nSPS) is 14.8. The van der Waals surface area contributed by atoms with Gasteiger partial charge in [0.2, 0.25) is 10.0 Å². The van der Waals surface area contributed by atoms with E-state index < -0.39 is 10.0 Å². The number of allylic oxidation sites excluding steroid dienone is 6. The van der Waals surface area contributed by atoms with Crippen LogP contribution in [0.4, 0.5) is 5.69 Å². The SMILES string of the molecule is C#Cc1ccccc1NS(C)(=O)=O.C1=CC2=CC=C1C2. The van der Waals surface area contributed by atoms with E-state index in [1.807, 2.05) is 0 Å². The number of rotatable bonds is 2. The van der Waals surface area contributed by atoms with E-state index >= 15 is 0 Å². The molecule has 2 bridgehead atoms. The Morgan fingerprint density at radius 3 is 2.15 bits per heavy atom. The van der Waals surface area contributed by atoms with Crippen LogP contribution in [0.3, 0.4) is 0 Å². The van der Waals surface area contributed by atoms with Crippen molar-refractivity contribution in [2.75, 3.05) is 11.0 Å². The maximum absolute atomic E-state index is 10.9. The minimum Gasteiger partial charge on any atom is -0.283 e. The lowest BCUT2D eigenvalue weighted by Gasteiger charge is -2.05. The van der Waals surface area contributed by atoms with Crippen LogP contribution in [0, 0.1) is 12.3 Å². The molecule has 2 aliphatic rings. The van der Waals surface area contributed by atoms with Crippen LogP contribution in [0.2, 0.25) is 0 Å². The fraction of sp³-hybridized carbons (Fsp3) is 0.125. The Kier molecular flexibility index (Phi) is 4.11. The molecule has 3 rings (SSSR count). The van der Waals surface area contributed by atoms with Gasteiger partial charge in [-0.1, -0.05) is 42.4 Å². The van der Waals surface area contributed by atoms with E-state index in [-0.39, 0.29) is 0 Å². The van der Waals surface area contributed by atoms with Gasteiger partial charge in [0.1, 0.15) is 0 Å². The minimum atomic E-state index is -3.26. The lowest BCUT2D eigenvalue weighted by Crippen LogP contribution is -2.10. The highest BCUT2D eigenvalue weighted by Crippen LogP contribution is 2.27. The average molecular weight is 285 g/mol. The Morgan fingerprint density at radius 1 is 1.15 bits per heavy atom. The first-order valence-electron chi connectivity index (χ1n) is 6.09. The van der Waals surface area contributed by atoms with Crippen molar-refractivity contribution < 1.29 is 8.42 Å². The molecule has 0 radical (unpaired) electrons. The van der Waals surface area contributed by atoms with Crippen molar-refractivity contribution in [1.82, 2.24) is 0 Å². The van der Waals surface area contributed by atoms with Gasteiger partial charge in [-0.25, -0.2) is 8.42 Å². The van der Waals surface area contributed by atoms with Crippen molar-refractivity contribution in [3.05, 3.63) is 65.3 Å². The van der Waals surface area contributed by atoms with Crippen LogP contribution in [0.5, 0.6) is 0 Å². The summed E-state index contributed by atoms with van der Waals surface area (Å²) in [5.74, 6) is 2.39. The first kappa shape index (κ1) is 14.2. The van der Waals surface area contributed by atoms with Crippen molar-refractivity contribution in [2.24, 2.45) is 0 Å². The highest BCUT2D eigenvalue weighted by molar-refractivity contribution is 7.92. The highest BCUT2D eigenvalue weighted by Gasteiger charge is 2.07. The number of anilines is 1. The largest absolute Gasteiger partial charge is 0.283 e. The number of fused-ring (bicyclic) bond motifs is 2. The summed E-state index contributed by atoms with van der Waals surface area (Å²) in [5, 5.41) is 0. The average Bonchev–Trinajstić information content (AvgIpc) is 3.03. The molecule has 0 unspecified atom stereocenters. The number of benzene rings is 1. The number of hydrogen-bond donors (Lipinski definition) is 1. The Hall–Kier alpha value is -2.25. The molecular weight excluding hydrogens is 270 g/mol. The van der Waals surface area contributed by atoms with Crippen LogP contribution in [0.1, 0.15) is 12.0 Å². The van der Waals surface area contributed by atoms with Crippen LogP contribution >= 0.6 is 0 Å². The maximum atomic E-state index is 10.9. The predicted octanol–water partition coefficient (Wildman–Crippen LogP) is 2.85. The molecule has 0 heterocycles. The van der Waals surface area contributed by atoms with E-state index in [0.29, 0.717) is 11.3 Å². The van der Waals surface area contributed by atoms with E-state index in [1.165, 1.54) is 17.6 Å². The summed E-state index contributed by atoms with van der Waals surface area (Å²) >= 11 is 0. The topological polar surface area (TPSA) is 46.2 Å². The molecule has 0 spiro atoms. The molecule has 0 aliphatic heterocycles. The van der Waals surface area contributed by atoms with Crippen LogP contribution in [0.25, 0.3) is 0 Å². The summed E-state index contributed by atoms with van der Waals surface area (Å²) in [6.07, 6.45) is 16.2. The Balaban J connectivity index is 0.000000173. The zero-order valence-corrected chi connectivity index (χ0v) is 11.9. The molecule has 20 heavy (non-hydrogen) atoms. The molecule has 0 saturated carbocycles. The zero-order valence-electron chi connectivity index (χ0n) is 11.1. The van der Waals surface area contributed by atoms with Gasteiger partial charge in [-0.3, -0.25) is 4.72 Å². The van der Waals surface area contributed by atoms with E-state index in [0.717, 1.165) is 6.26 Å². The Bertz CT molecular complexity index is 727. The van der Waals surface area contributed by atoms with Gasteiger partial charge in [-0.2, -0.15) is 0 Å². The third kappa shape index (κ3) is 3.87. The van der Waals surface area contributed by atoms with Gasteiger partial charge >= 0.3 is 0 Å². The summed E-state index contributed by atoms with van der Waals surface area (Å²) in [6, 6.07) is 6.76. The van der Waals surface area contributed by atoms with Gasteiger partial charge < -0.3 is 0 Å². The smallest absolute Gasteiger partial charge is 0.229 e. The van der Waals surface area contributed by atoms with Gasteiger partial charge in [0.25, 0.3) is 0 Å². The van der Waals surface area contributed by atoms with E-state index in [2.05, 4.69) is 34.9 Å². The molecule has 2 aliphatic carbocycles. The predicted molar refractivity (Wildman–Crippen MR) is 82.8 cm³/mol. The number of hydrogen-bond acceptors (Lipinski definition) is 2. The Labute approximate surface area is 119 Å². The Morgan fingerprint density at radius 2 is 1.75 bits per heavy atom. The summed E-state index contributed by atoms with van der Waals surface area (Å²) in [6.45, 7) is 0. The number of sulfonamides is 1.